The number of nitrogens with zero attached hydrogens (tertiary/aromatic N) is 1. The Morgan fingerprint density at radius 2 is 1.89 bits per heavy atom. The number of aliphatic carboxylic acids is 1. The van der Waals surface area contributed by atoms with Crippen LogP contribution in [-0.2, 0) is 4.79 Å². The van der Waals surface area contributed by atoms with Gasteiger partial charge in [-0.15, -0.1) is 13.2 Å². The summed E-state index contributed by atoms with van der Waals surface area (Å²) in [4.78, 5) is 12.2. The summed E-state index contributed by atoms with van der Waals surface area (Å²) in [5.41, 5.74) is 0.651. The van der Waals surface area contributed by atoms with Crippen LogP contribution in [0.3, 0.4) is 0 Å². The van der Waals surface area contributed by atoms with Gasteiger partial charge in [-0.2, -0.15) is 0 Å². The fourth-order valence-electron chi connectivity index (χ4n) is 1.56. The first-order chi connectivity index (χ1) is 8.81. The normalized spacial score (nSPS) is 11.2. The van der Waals surface area contributed by atoms with Gasteiger partial charge in [0.05, 0.1) is 6.42 Å². The molecule has 1 aromatic carbocycles. The third-order valence-corrected chi connectivity index (χ3v) is 2.41. The number of carboxylic acid groups (broad SMARTS) is 1. The van der Waals surface area contributed by atoms with Crippen LogP contribution in [0.4, 0.5) is 18.9 Å². The molecule has 0 amide bonds. The van der Waals surface area contributed by atoms with Crippen LogP contribution in [0.1, 0.15) is 13.3 Å². The lowest BCUT2D eigenvalue weighted by atomic mass is 10.2. The number of rotatable bonds is 6. The van der Waals surface area contributed by atoms with Gasteiger partial charge < -0.3 is 14.7 Å². The number of ether oxygens (including phenoxy) is 1. The molecule has 0 unspecified atom stereocenters. The van der Waals surface area contributed by atoms with Crippen molar-refractivity contribution in [2.45, 2.75) is 19.7 Å². The van der Waals surface area contributed by atoms with E-state index in [9.17, 15) is 18.0 Å². The summed E-state index contributed by atoms with van der Waals surface area (Å²) in [6, 6.07) is 5.33. The maximum absolute atomic E-state index is 12.0. The molecule has 0 saturated carbocycles. The second-order valence-corrected chi connectivity index (χ2v) is 3.77. The second kappa shape index (κ2) is 6.31. The van der Waals surface area contributed by atoms with Crippen molar-refractivity contribution >= 4 is 11.7 Å². The van der Waals surface area contributed by atoms with E-state index in [4.69, 9.17) is 5.11 Å². The lowest BCUT2D eigenvalue weighted by Gasteiger charge is -2.22. The number of benzene rings is 1. The van der Waals surface area contributed by atoms with Crippen molar-refractivity contribution in [1.29, 1.82) is 0 Å². The van der Waals surface area contributed by atoms with Crippen molar-refractivity contribution in [2.75, 3.05) is 18.0 Å². The van der Waals surface area contributed by atoms with Crippen LogP contribution in [0.15, 0.2) is 24.3 Å². The molecule has 19 heavy (non-hydrogen) atoms. The summed E-state index contributed by atoms with van der Waals surface area (Å²) in [7, 11) is 0. The van der Waals surface area contributed by atoms with Gasteiger partial charge in [-0.25, -0.2) is 0 Å². The Bertz CT molecular complexity index is 417. The van der Waals surface area contributed by atoms with Crippen molar-refractivity contribution in [3.63, 3.8) is 0 Å². The minimum absolute atomic E-state index is 0.0331. The van der Waals surface area contributed by atoms with Crippen LogP contribution in [0, 0.1) is 0 Å². The van der Waals surface area contributed by atoms with Crippen molar-refractivity contribution in [3.8, 4) is 5.75 Å². The average molecular weight is 277 g/mol. The molecule has 0 spiro atoms. The van der Waals surface area contributed by atoms with Gasteiger partial charge in [-0.3, -0.25) is 4.79 Å². The highest BCUT2D eigenvalue weighted by atomic mass is 19.4. The fourth-order valence-corrected chi connectivity index (χ4v) is 1.56. The quantitative estimate of drug-likeness (QED) is 0.868. The van der Waals surface area contributed by atoms with Crippen LogP contribution in [0.25, 0.3) is 0 Å². The minimum atomic E-state index is -4.71. The van der Waals surface area contributed by atoms with Crippen LogP contribution in [-0.4, -0.2) is 30.5 Å². The molecular formula is C12H14F3NO3. The Balaban J connectivity index is 2.70. The Kier molecular flexibility index (Phi) is 5.02. The number of carboxylic acids is 1. The lowest BCUT2D eigenvalue weighted by molar-refractivity contribution is -0.274. The van der Waals surface area contributed by atoms with Crippen LogP contribution in [0.5, 0.6) is 5.75 Å². The summed E-state index contributed by atoms with van der Waals surface area (Å²) in [6.45, 7) is 2.69. The highest BCUT2D eigenvalue weighted by Crippen LogP contribution is 2.25. The number of halogens is 3. The van der Waals surface area contributed by atoms with E-state index in [0.29, 0.717) is 18.8 Å². The molecule has 0 aliphatic heterocycles. The van der Waals surface area contributed by atoms with Gasteiger partial charge >= 0.3 is 12.3 Å². The predicted molar refractivity (Wildman–Crippen MR) is 63.3 cm³/mol. The number of hydrogen-bond acceptors (Lipinski definition) is 3. The molecule has 0 aromatic heterocycles. The van der Waals surface area contributed by atoms with Gasteiger partial charge in [0.25, 0.3) is 0 Å². The van der Waals surface area contributed by atoms with E-state index in [1.54, 1.807) is 4.90 Å². The zero-order valence-corrected chi connectivity index (χ0v) is 10.3. The summed E-state index contributed by atoms with van der Waals surface area (Å²) in [5.74, 6) is -1.22. The molecule has 7 heteroatoms. The van der Waals surface area contributed by atoms with E-state index in [0.717, 1.165) is 0 Å². The molecule has 1 N–H and O–H groups in total. The summed E-state index contributed by atoms with van der Waals surface area (Å²) >= 11 is 0. The van der Waals surface area contributed by atoms with Gasteiger partial charge in [-0.1, -0.05) is 0 Å². The first kappa shape index (κ1) is 15.1. The van der Waals surface area contributed by atoms with E-state index >= 15 is 0 Å². The monoisotopic (exact) mass is 277 g/mol. The standard InChI is InChI=1S/C12H14F3NO3/c1-2-16(8-7-11(17)18)9-3-5-10(6-4-9)19-12(13,14)15/h3-6H,2,7-8H2,1H3,(H,17,18). The Morgan fingerprint density at radius 1 is 1.32 bits per heavy atom. The van der Waals surface area contributed by atoms with Gasteiger partial charge in [-0.05, 0) is 31.2 Å². The Hall–Kier alpha value is -1.92. The molecule has 1 rings (SSSR count). The van der Waals surface area contributed by atoms with Crippen molar-refractivity contribution in [3.05, 3.63) is 24.3 Å². The molecule has 0 bridgehead atoms. The van der Waals surface area contributed by atoms with Crippen molar-refractivity contribution in [1.82, 2.24) is 0 Å². The molecule has 4 nitrogen and oxygen atoms in total. The van der Waals surface area contributed by atoms with Gasteiger partial charge in [0.15, 0.2) is 0 Å². The van der Waals surface area contributed by atoms with Gasteiger partial charge in [0, 0.05) is 18.8 Å². The first-order valence-electron chi connectivity index (χ1n) is 5.64. The fraction of sp³-hybridized carbons (Fsp3) is 0.417. The van der Waals surface area contributed by atoms with E-state index in [1.165, 1.54) is 24.3 Å². The van der Waals surface area contributed by atoms with Crippen LogP contribution in [0.2, 0.25) is 0 Å². The third-order valence-electron chi connectivity index (χ3n) is 2.41. The summed E-state index contributed by atoms with van der Waals surface area (Å²) < 4.78 is 39.7. The maximum Gasteiger partial charge on any atom is 0.573 e. The highest BCUT2D eigenvalue weighted by molar-refractivity contribution is 5.67. The Labute approximate surface area is 108 Å². The summed E-state index contributed by atoms with van der Waals surface area (Å²) in [5, 5.41) is 8.60. The lowest BCUT2D eigenvalue weighted by Crippen LogP contribution is -2.25. The zero-order chi connectivity index (χ0) is 14.5. The van der Waals surface area contributed by atoms with Gasteiger partial charge in [0.1, 0.15) is 5.75 Å². The first-order valence-corrected chi connectivity index (χ1v) is 5.64. The predicted octanol–water partition coefficient (Wildman–Crippen LogP) is 2.89. The van der Waals surface area contributed by atoms with E-state index in [-0.39, 0.29) is 12.2 Å². The second-order valence-electron chi connectivity index (χ2n) is 3.77. The molecule has 0 radical (unpaired) electrons. The van der Waals surface area contributed by atoms with Crippen molar-refractivity contribution < 1.29 is 27.8 Å². The Morgan fingerprint density at radius 3 is 2.32 bits per heavy atom. The number of hydrogen-bond donors (Lipinski definition) is 1. The summed E-state index contributed by atoms with van der Waals surface area (Å²) in [6.07, 6.45) is -4.75. The molecule has 1 aromatic rings. The average Bonchev–Trinajstić information content (AvgIpc) is 2.29. The van der Waals surface area contributed by atoms with Crippen LogP contribution >= 0.6 is 0 Å². The van der Waals surface area contributed by atoms with Crippen molar-refractivity contribution in [2.24, 2.45) is 0 Å². The topological polar surface area (TPSA) is 49.8 Å². The van der Waals surface area contributed by atoms with Gasteiger partial charge in [0.2, 0.25) is 0 Å². The molecule has 106 valence electrons. The van der Waals surface area contributed by atoms with E-state index < -0.39 is 12.3 Å². The molecule has 0 aliphatic rings. The smallest absolute Gasteiger partial charge is 0.481 e. The zero-order valence-electron chi connectivity index (χ0n) is 10.3. The number of anilines is 1. The molecule has 0 aliphatic carbocycles. The number of carbonyl (C=O) groups is 1. The van der Waals surface area contributed by atoms with E-state index in [1.807, 2.05) is 6.92 Å². The molecule has 0 saturated heterocycles. The molecule has 0 atom stereocenters. The third kappa shape index (κ3) is 5.50. The highest BCUT2D eigenvalue weighted by Gasteiger charge is 2.30. The minimum Gasteiger partial charge on any atom is -0.481 e. The molecule has 0 heterocycles. The van der Waals surface area contributed by atoms with E-state index in [2.05, 4.69) is 4.74 Å². The largest absolute Gasteiger partial charge is 0.573 e. The maximum atomic E-state index is 12.0. The molecular weight excluding hydrogens is 263 g/mol. The molecule has 0 fully saturated rings. The number of alkyl halides is 3. The SMILES string of the molecule is CCN(CCC(=O)O)c1ccc(OC(F)(F)F)cc1. The van der Waals surface area contributed by atoms with Crippen LogP contribution < -0.4 is 9.64 Å².